The highest BCUT2D eigenvalue weighted by molar-refractivity contribution is 7.09. The quantitative estimate of drug-likeness (QED) is 0.858. The molecule has 18 heavy (non-hydrogen) atoms. The van der Waals surface area contributed by atoms with Gasteiger partial charge in [-0.05, 0) is 17.9 Å². The summed E-state index contributed by atoms with van der Waals surface area (Å²) >= 11 is 1.82. The van der Waals surface area contributed by atoms with Gasteiger partial charge in [0.15, 0.2) is 0 Å². The normalized spacial score (nSPS) is 17.1. The minimum Gasteiger partial charge on any atom is -0.340 e. The van der Waals surface area contributed by atoms with Crippen LogP contribution < -0.4 is 5.73 Å². The van der Waals surface area contributed by atoms with E-state index < -0.39 is 0 Å². The smallest absolute Gasteiger partial charge is 0.223 e. The molecule has 0 atom stereocenters. The fraction of sp³-hybridized carbons (Fsp3) is 0.615. The van der Waals surface area contributed by atoms with Gasteiger partial charge in [-0.2, -0.15) is 0 Å². The van der Waals surface area contributed by atoms with Gasteiger partial charge in [0, 0.05) is 50.6 Å². The van der Waals surface area contributed by atoms with Crippen LogP contribution in [0, 0.1) is 0 Å². The Kier molecular flexibility index (Phi) is 5.16. The first-order valence-electron chi connectivity index (χ1n) is 6.52. The van der Waals surface area contributed by atoms with E-state index in [1.54, 1.807) is 0 Å². The van der Waals surface area contributed by atoms with Crippen LogP contribution in [-0.4, -0.2) is 55.0 Å². The first-order chi connectivity index (χ1) is 8.79. The zero-order chi connectivity index (χ0) is 12.8. The number of piperazine rings is 1. The molecule has 100 valence electrons. The van der Waals surface area contributed by atoms with Crippen molar-refractivity contribution in [3.05, 3.63) is 22.4 Å². The van der Waals surface area contributed by atoms with Gasteiger partial charge < -0.3 is 10.6 Å². The lowest BCUT2D eigenvalue weighted by Gasteiger charge is -2.34. The van der Waals surface area contributed by atoms with E-state index in [9.17, 15) is 4.79 Å². The summed E-state index contributed by atoms with van der Waals surface area (Å²) in [6, 6.07) is 4.29. The van der Waals surface area contributed by atoms with Crippen molar-refractivity contribution in [1.82, 2.24) is 9.80 Å². The van der Waals surface area contributed by atoms with Crippen LogP contribution in [0.4, 0.5) is 0 Å². The molecule has 1 aromatic rings. The van der Waals surface area contributed by atoms with Crippen molar-refractivity contribution in [2.75, 3.05) is 39.3 Å². The second-order valence-electron chi connectivity index (χ2n) is 4.59. The highest BCUT2D eigenvalue weighted by Crippen LogP contribution is 2.11. The van der Waals surface area contributed by atoms with E-state index in [1.807, 2.05) is 16.2 Å². The van der Waals surface area contributed by atoms with Gasteiger partial charge in [-0.15, -0.1) is 11.3 Å². The van der Waals surface area contributed by atoms with Gasteiger partial charge in [-0.1, -0.05) is 6.07 Å². The number of hydrogen-bond donors (Lipinski definition) is 1. The molecule has 0 unspecified atom stereocenters. The molecule has 0 bridgehead atoms. The maximum absolute atomic E-state index is 11.7. The molecule has 2 rings (SSSR count). The Labute approximate surface area is 112 Å². The number of carbonyl (C=O) groups is 1. The van der Waals surface area contributed by atoms with Gasteiger partial charge in [0.05, 0.1) is 0 Å². The van der Waals surface area contributed by atoms with E-state index in [4.69, 9.17) is 5.73 Å². The van der Waals surface area contributed by atoms with E-state index in [1.165, 1.54) is 4.88 Å². The fourth-order valence-corrected chi connectivity index (χ4v) is 2.92. The molecule has 1 aliphatic heterocycles. The molecular weight excluding hydrogens is 246 g/mol. The summed E-state index contributed by atoms with van der Waals surface area (Å²) in [7, 11) is 0. The Morgan fingerprint density at radius 1 is 1.33 bits per heavy atom. The average molecular weight is 267 g/mol. The van der Waals surface area contributed by atoms with Crippen molar-refractivity contribution in [1.29, 1.82) is 0 Å². The molecule has 1 aromatic heterocycles. The van der Waals surface area contributed by atoms with Gasteiger partial charge in [0.25, 0.3) is 0 Å². The third kappa shape index (κ3) is 3.80. The Bertz CT molecular complexity index is 358. The number of carbonyl (C=O) groups excluding carboxylic acids is 1. The van der Waals surface area contributed by atoms with Gasteiger partial charge in [0.1, 0.15) is 0 Å². The summed E-state index contributed by atoms with van der Waals surface area (Å²) in [6.45, 7) is 5.23. The summed E-state index contributed by atoms with van der Waals surface area (Å²) < 4.78 is 0. The predicted molar refractivity (Wildman–Crippen MR) is 74.7 cm³/mol. The Balaban J connectivity index is 1.68. The van der Waals surface area contributed by atoms with Crippen LogP contribution in [0.2, 0.25) is 0 Å². The van der Waals surface area contributed by atoms with Gasteiger partial charge in [-0.25, -0.2) is 0 Å². The van der Waals surface area contributed by atoms with Gasteiger partial charge in [0.2, 0.25) is 5.91 Å². The molecule has 1 aliphatic rings. The summed E-state index contributed by atoms with van der Waals surface area (Å²) in [5.74, 6) is 0.204. The number of hydrogen-bond acceptors (Lipinski definition) is 4. The summed E-state index contributed by atoms with van der Waals surface area (Å²) in [5.41, 5.74) is 5.41. The van der Waals surface area contributed by atoms with E-state index in [0.29, 0.717) is 13.0 Å². The SMILES string of the molecule is NCCC(=O)N1CCN(CCc2cccs2)CC1. The molecule has 5 heteroatoms. The summed E-state index contributed by atoms with van der Waals surface area (Å²) in [4.78, 5) is 17.5. The Morgan fingerprint density at radius 3 is 2.72 bits per heavy atom. The van der Waals surface area contributed by atoms with Crippen LogP contribution in [0.3, 0.4) is 0 Å². The van der Waals surface area contributed by atoms with Crippen molar-refractivity contribution < 1.29 is 4.79 Å². The first kappa shape index (κ1) is 13.5. The number of nitrogens with two attached hydrogens (primary N) is 1. The molecule has 2 heterocycles. The molecule has 0 aromatic carbocycles. The molecule has 2 N–H and O–H groups in total. The molecule has 0 radical (unpaired) electrons. The summed E-state index contributed by atoms with van der Waals surface area (Å²) in [5, 5.41) is 2.12. The predicted octanol–water partition coefficient (Wildman–Crippen LogP) is 0.784. The van der Waals surface area contributed by atoms with Crippen molar-refractivity contribution in [2.45, 2.75) is 12.8 Å². The van der Waals surface area contributed by atoms with Crippen molar-refractivity contribution in [3.8, 4) is 0 Å². The fourth-order valence-electron chi connectivity index (χ4n) is 2.23. The van der Waals surface area contributed by atoms with Gasteiger partial charge >= 0.3 is 0 Å². The van der Waals surface area contributed by atoms with Crippen LogP contribution in [-0.2, 0) is 11.2 Å². The Hall–Kier alpha value is -0.910. The minimum absolute atomic E-state index is 0.204. The zero-order valence-corrected chi connectivity index (χ0v) is 11.5. The average Bonchev–Trinajstić information content (AvgIpc) is 2.90. The molecule has 1 saturated heterocycles. The topological polar surface area (TPSA) is 49.6 Å². The Morgan fingerprint density at radius 2 is 2.11 bits per heavy atom. The molecule has 1 amide bonds. The standard InChI is InChI=1S/C13H21N3OS/c14-5-3-13(17)16-9-7-15(8-10-16)6-4-12-2-1-11-18-12/h1-2,11H,3-10,14H2. The van der Waals surface area contributed by atoms with E-state index in [2.05, 4.69) is 22.4 Å². The maximum Gasteiger partial charge on any atom is 0.223 e. The molecule has 1 fully saturated rings. The zero-order valence-electron chi connectivity index (χ0n) is 10.7. The van der Waals surface area contributed by atoms with Crippen LogP contribution in [0.5, 0.6) is 0 Å². The second-order valence-corrected chi connectivity index (χ2v) is 5.62. The van der Waals surface area contributed by atoms with Crippen LogP contribution in [0.1, 0.15) is 11.3 Å². The summed E-state index contributed by atoms with van der Waals surface area (Å²) in [6.07, 6.45) is 1.60. The number of nitrogens with zero attached hydrogens (tertiary/aromatic N) is 2. The van der Waals surface area contributed by atoms with Crippen molar-refractivity contribution in [3.63, 3.8) is 0 Å². The minimum atomic E-state index is 0.204. The molecular formula is C13H21N3OS. The number of thiophene rings is 1. The molecule has 4 nitrogen and oxygen atoms in total. The van der Waals surface area contributed by atoms with Crippen LogP contribution in [0.15, 0.2) is 17.5 Å². The molecule has 0 aliphatic carbocycles. The second kappa shape index (κ2) is 6.87. The van der Waals surface area contributed by atoms with E-state index in [0.717, 1.165) is 39.1 Å². The van der Waals surface area contributed by atoms with Crippen molar-refractivity contribution >= 4 is 17.2 Å². The largest absolute Gasteiger partial charge is 0.340 e. The lowest BCUT2D eigenvalue weighted by Crippen LogP contribution is -2.49. The van der Waals surface area contributed by atoms with Gasteiger partial charge in [-0.3, -0.25) is 9.69 Å². The number of amides is 1. The lowest BCUT2D eigenvalue weighted by atomic mass is 10.2. The van der Waals surface area contributed by atoms with Crippen LogP contribution in [0.25, 0.3) is 0 Å². The monoisotopic (exact) mass is 267 g/mol. The van der Waals surface area contributed by atoms with E-state index >= 15 is 0 Å². The third-order valence-corrected chi connectivity index (χ3v) is 4.27. The highest BCUT2D eigenvalue weighted by Gasteiger charge is 2.19. The first-order valence-corrected chi connectivity index (χ1v) is 7.40. The molecule has 0 spiro atoms. The molecule has 0 saturated carbocycles. The number of rotatable bonds is 5. The maximum atomic E-state index is 11.7. The third-order valence-electron chi connectivity index (χ3n) is 3.34. The van der Waals surface area contributed by atoms with E-state index in [-0.39, 0.29) is 5.91 Å². The van der Waals surface area contributed by atoms with Crippen molar-refractivity contribution in [2.24, 2.45) is 5.73 Å². The lowest BCUT2D eigenvalue weighted by molar-refractivity contribution is -0.132. The highest BCUT2D eigenvalue weighted by atomic mass is 32.1. The van der Waals surface area contributed by atoms with Crippen LogP contribution >= 0.6 is 11.3 Å².